The third-order valence-corrected chi connectivity index (χ3v) is 5.35. The summed E-state index contributed by atoms with van der Waals surface area (Å²) in [7, 11) is 0. The molecule has 1 saturated heterocycles. The molecule has 5 heteroatoms. The molecule has 0 spiro atoms. The molecule has 3 aliphatic rings. The minimum atomic E-state index is -0.410. The first kappa shape index (κ1) is 15.8. The zero-order chi connectivity index (χ0) is 17.9. The molecule has 1 aromatic carbocycles. The van der Waals surface area contributed by atoms with Crippen molar-refractivity contribution in [2.24, 2.45) is 23.7 Å². The van der Waals surface area contributed by atoms with Gasteiger partial charge in [0.05, 0.1) is 17.5 Å². The highest BCUT2D eigenvalue weighted by molar-refractivity contribution is 6.23. The molecule has 2 fully saturated rings. The zero-order valence-corrected chi connectivity index (χ0v) is 14.4. The number of ether oxygens (including phenoxy) is 1. The van der Waals surface area contributed by atoms with E-state index in [1.807, 2.05) is 13.8 Å². The molecule has 128 valence electrons. The van der Waals surface area contributed by atoms with Crippen LogP contribution in [-0.4, -0.2) is 17.8 Å². The normalized spacial score (nSPS) is 29.4. The summed E-state index contributed by atoms with van der Waals surface area (Å²) in [5, 5.41) is 0. The van der Waals surface area contributed by atoms with E-state index in [9.17, 15) is 14.4 Å². The topological polar surface area (TPSA) is 63.7 Å². The quantitative estimate of drug-likeness (QED) is 0.360. The first-order valence-corrected chi connectivity index (χ1v) is 8.42. The van der Waals surface area contributed by atoms with Crippen molar-refractivity contribution < 1.29 is 19.1 Å². The van der Waals surface area contributed by atoms with Gasteiger partial charge >= 0.3 is 5.97 Å². The standard InChI is InChI=1S/C20H19NO4/c1-10(2)16-14-8-9-15(16)18-17(14)19(23)21(20(18)24)12-4-6-13(7-5-12)25-11(3)22/h4-9,14-15,17-18H,1-3H3/t14-,15+,17-,18-/m1/s1. The number of amides is 2. The lowest BCUT2D eigenvalue weighted by Crippen LogP contribution is -2.33. The number of esters is 1. The summed E-state index contributed by atoms with van der Waals surface area (Å²) in [6.07, 6.45) is 4.15. The Kier molecular flexibility index (Phi) is 3.42. The summed E-state index contributed by atoms with van der Waals surface area (Å²) in [4.78, 5) is 38.3. The van der Waals surface area contributed by atoms with Gasteiger partial charge in [-0.1, -0.05) is 23.3 Å². The molecule has 5 nitrogen and oxygen atoms in total. The van der Waals surface area contributed by atoms with E-state index < -0.39 is 5.97 Å². The molecule has 0 N–H and O–H groups in total. The van der Waals surface area contributed by atoms with E-state index in [1.54, 1.807) is 24.3 Å². The molecule has 1 aromatic rings. The average Bonchev–Trinajstić information content (AvgIpc) is 3.18. The lowest BCUT2D eigenvalue weighted by Gasteiger charge is -2.19. The molecular formula is C20H19NO4. The molecule has 2 amide bonds. The van der Waals surface area contributed by atoms with E-state index in [-0.39, 0.29) is 35.5 Å². The molecule has 0 unspecified atom stereocenters. The van der Waals surface area contributed by atoms with E-state index in [1.165, 1.54) is 23.0 Å². The van der Waals surface area contributed by atoms with E-state index in [0.717, 1.165) is 0 Å². The van der Waals surface area contributed by atoms with Crippen molar-refractivity contribution in [3.63, 3.8) is 0 Å². The van der Waals surface area contributed by atoms with Crippen LogP contribution in [0.4, 0.5) is 5.69 Å². The third kappa shape index (κ3) is 2.18. The fraction of sp³-hybridized carbons (Fsp3) is 0.350. The van der Waals surface area contributed by atoms with Gasteiger partial charge in [-0.3, -0.25) is 14.4 Å². The number of imide groups is 1. The summed E-state index contributed by atoms with van der Waals surface area (Å²) < 4.78 is 5.00. The highest BCUT2D eigenvalue weighted by Gasteiger charge is 2.61. The Hall–Kier alpha value is -2.69. The van der Waals surface area contributed by atoms with Gasteiger partial charge in [0.25, 0.3) is 0 Å². The monoisotopic (exact) mass is 337 g/mol. The van der Waals surface area contributed by atoms with Crippen molar-refractivity contribution in [1.82, 2.24) is 0 Å². The molecule has 2 bridgehead atoms. The van der Waals surface area contributed by atoms with Gasteiger partial charge in [-0.15, -0.1) is 0 Å². The highest BCUT2D eigenvalue weighted by Crippen LogP contribution is 2.57. The predicted octanol–water partition coefficient (Wildman–Crippen LogP) is 2.87. The number of carbonyl (C=O) groups is 3. The smallest absolute Gasteiger partial charge is 0.308 e. The second kappa shape index (κ2) is 5.41. The zero-order valence-electron chi connectivity index (χ0n) is 14.4. The van der Waals surface area contributed by atoms with Crippen molar-refractivity contribution in [2.75, 3.05) is 4.90 Å². The number of anilines is 1. The number of benzene rings is 1. The molecule has 4 rings (SSSR count). The van der Waals surface area contributed by atoms with Gasteiger partial charge in [0.15, 0.2) is 0 Å². The Labute approximate surface area is 146 Å². The van der Waals surface area contributed by atoms with E-state index in [2.05, 4.69) is 12.2 Å². The highest BCUT2D eigenvalue weighted by atomic mass is 16.5. The first-order chi connectivity index (χ1) is 11.9. The lowest BCUT2D eigenvalue weighted by molar-refractivity contribution is -0.132. The number of fused-ring (bicyclic) bond motifs is 5. The van der Waals surface area contributed by atoms with Crippen LogP contribution in [0.1, 0.15) is 20.8 Å². The summed E-state index contributed by atoms with van der Waals surface area (Å²) in [5.41, 5.74) is 2.97. The SMILES string of the molecule is CC(=O)Oc1ccc(N2C(=O)[C@H]3[C@H](C2=O)[C@H]2C=C[C@@H]3C2=C(C)C)cc1. The van der Waals surface area contributed by atoms with Crippen LogP contribution in [0.5, 0.6) is 5.75 Å². The Morgan fingerprint density at radius 1 is 0.920 bits per heavy atom. The lowest BCUT2D eigenvalue weighted by atomic mass is 9.85. The third-order valence-electron chi connectivity index (χ3n) is 5.35. The van der Waals surface area contributed by atoms with E-state index >= 15 is 0 Å². The van der Waals surface area contributed by atoms with Gasteiger partial charge < -0.3 is 4.74 Å². The fourth-order valence-corrected chi connectivity index (χ4v) is 4.51. The number of carbonyl (C=O) groups excluding carboxylic acids is 3. The van der Waals surface area contributed by atoms with Gasteiger partial charge in [0, 0.05) is 18.8 Å². The largest absolute Gasteiger partial charge is 0.427 e. The maximum absolute atomic E-state index is 13.0. The molecule has 1 aliphatic heterocycles. The van der Waals surface area contributed by atoms with Crippen LogP contribution >= 0.6 is 0 Å². The van der Waals surface area contributed by atoms with E-state index in [0.29, 0.717) is 11.4 Å². The van der Waals surface area contributed by atoms with Crippen LogP contribution in [0.15, 0.2) is 47.6 Å². The second-order valence-electron chi connectivity index (χ2n) is 7.04. The molecule has 4 atom stereocenters. The van der Waals surface area contributed by atoms with Crippen molar-refractivity contribution in [1.29, 1.82) is 0 Å². The number of allylic oxidation sites excluding steroid dienone is 4. The fourth-order valence-electron chi connectivity index (χ4n) is 4.51. The maximum Gasteiger partial charge on any atom is 0.308 e. The van der Waals surface area contributed by atoms with Crippen LogP contribution in [0, 0.1) is 23.7 Å². The van der Waals surface area contributed by atoms with Gasteiger partial charge in [0.1, 0.15) is 5.75 Å². The average molecular weight is 337 g/mol. The van der Waals surface area contributed by atoms with Gasteiger partial charge in [-0.2, -0.15) is 0 Å². The van der Waals surface area contributed by atoms with Crippen LogP contribution in [0.2, 0.25) is 0 Å². The summed E-state index contributed by atoms with van der Waals surface area (Å²) in [5.74, 6) is -0.780. The number of hydrogen-bond donors (Lipinski definition) is 0. The van der Waals surface area contributed by atoms with E-state index in [4.69, 9.17) is 4.74 Å². The molecule has 25 heavy (non-hydrogen) atoms. The minimum absolute atomic E-state index is 0.0433. The molecule has 1 saturated carbocycles. The van der Waals surface area contributed by atoms with Crippen LogP contribution in [0.3, 0.4) is 0 Å². The van der Waals surface area contributed by atoms with Crippen molar-refractivity contribution >= 4 is 23.5 Å². The number of nitrogens with zero attached hydrogens (tertiary/aromatic N) is 1. The van der Waals surface area contributed by atoms with Crippen LogP contribution < -0.4 is 9.64 Å². The van der Waals surface area contributed by atoms with Crippen molar-refractivity contribution in [3.05, 3.63) is 47.6 Å². The van der Waals surface area contributed by atoms with Crippen LogP contribution in [0.25, 0.3) is 0 Å². The molecule has 0 radical (unpaired) electrons. The first-order valence-electron chi connectivity index (χ1n) is 8.42. The summed E-state index contributed by atoms with van der Waals surface area (Å²) in [6, 6.07) is 6.48. The number of rotatable bonds is 2. The Bertz CT molecular complexity index is 811. The van der Waals surface area contributed by atoms with Gasteiger partial charge in [-0.05, 0) is 38.1 Å². The minimum Gasteiger partial charge on any atom is -0.427 e. The summed E-state index contributed by atoms with van der Waals surface area (Å²) in [6.45, 7) is 5.42. The Morgan fingerprint density at radius 3 is 1.88 bits per heavy atom. The van der Waals surface area contributed by atoms with Crippen molar-refractivity contribution in [2.45, 2.75) is 20.8 Å². The van der Waals surface area contributed by atoms with Crippen LogP contribution in [-0.2, 0) is 14.4 Å². The maximum atomic E-state index is 13.0. The number of hydrogen-bond acceptors (Lipinski definition) is 4. The molecular weight excluding hydrogens is 318 g/mol. The van der Waals surface area contributed by atoms with Crippen molar-refractivity contribution in [3.8, 4) is 5.75 Å². The molecule has 1 heterocycles. The Morgan fingerprint density at radius 2 is 1.44 bits per heavy atom. The Balaban J connectivity index is 1.65. The molecule has 0 aromatic heterocycles. The second-order valence-corrected chi connectivity index (χ2v) is 7.04. The predicted molar refractivity (Wildman–Crippen MR) is 91.7 cm³/mol. The summed E-state index contributed by atoms with van der Waals surface area (Å²) >= 11 is 0. The van der Waals surface area contributed by atoms with Gasteiger partial charge in [-0.25, -0.2) is 4.90 Å². The molecule has 2 aliphatic carbocycles. The van der Waals surface area contributed by atoms with Gasteiger partial charge in [0.2, 0.25) is 11.8 Å².